The smallest absolute Gasteiger partial charge is 0.238 e. The Labute approximate surface area is 83.3 Å². The van der Waals surface area contributed by atoms with Gasteiger partial charge in [0, 0.05) is 25.5 Å². The van der Waals surface area contributed by atoms with Crippen molar-refractivity contribution in [3.63, 3.8) is 0 Å². The molecule has 0 aromatic carbocycles. The summed E-state index contributed by atoms with van der Waals surface area (Å²) in [5.41, 5.74) is 5.69. The average Bonchev–Trinajstić information content (AvgIpc) is 2.66. The van der Waals surface area contributed by atoms with Crippen LogP contribution in [0.15, 0.2) is 18.7 Å². The van der Waals surface area contributed by atoms with E-state index in [2.05, 4.69) is 10.3 Å². The van der Waals surface area contributed by atoms with Gasteiger partial charge in [0.05, 0.1) is 6.33 Å². The highest BCUT2D eigenvalue weighted by atomic mass is 16.2. The number of rotatable bonds is 5. The third-order valence-electron chi connectivity index (χ3n) is 1.85. The van der Waals surface area contributed by atoms with Gasteiger partial charge in [-0.25, -0.2) is 4.98 Å². The summed E-state index contributed by atoms with van der Waals surface area (Å²) in [6.07, 6.45) is 6.01. The molecule has 1 unspecified atom stereocenters. The first-order valence-electron chi connectivity index (χ1n) is 4.73. The first-order chi connectivity index (χ1) is 6.74. The molecule has 14 heavy (non-hydrogen) atoms. The summed E-state index contributed by atoms with van der Waals surface area (Å²) in [6.45, 7) is 3.15. The molecule has 0 radical (unpaired) electrons. The highest BCUT2D eigenvalue weighted by Gasteiger charge is 2.12. The zero-order valence-corrected chi connectivity index (χ0v) is 8.31. The highest BCUT2D eigenvalue weighted by Crippen LogP contribution is 1.90. The molecule has 0 aliphatic heterocycles. The maximum atomic E-state index is 11.4. The number of nitrogens with two attached hydrogens (primary N) is 1. The number of carbonyl (C=O) groups is 1. The van der Waals surface area contributed by atoms with Crippen LogP contribution in [0.2, 0.25) is 0 Å². The van der Waals surface area contributed by atoms with Crippen molar-refractivity contribution < 1.29 is 4.79 Å². The van der Waals surface area contributed by atoms with Gasteiger partial charge in [0.25, 0.3) is 0 Å². The van der Waals surface area contributed by atoms with Crippen LogP contribution >= 0.6 is 0 Å². The highest BCUT2D eigenvalue weighted by molar-refractivity contribution is 5.81. The summed E-state index contributed by atoms with van der Waals surface area (Å²) >= 11 is 0. The number of amides is 1. The van der Waals surface area contributed by atoms with Crippen LogP contribution in [0, 0.1) is 0 Å². The molecule has 0 bridgehead atoms. The standard InChI is InChI=1S/C9H16N4O/c1-2-3-12-9(14)8(10)6-13-5-4-11-7-13/h4-5,7-8H,2-3,6,10H2,1H3,(H,12,14). The van der Waals surface area contributed by atoms with Crippen molar-refractivity contribution >= 4 is 5.91 Å². The number of hydrogen-bond donors (Lipinski definition) is 2. The Bertz CT molecular complexity index is 270. The van der Waals surface area contributed by atoms with E-state index in [-0.39, 0.29) is 5.91 Å². The SMILES string of the molecule is CCCNC(=O)C(N)Cn1ccnc1. The zero-order chi connectivity index (χ0) is 10.4. The summed E-state index contributed by atoms with van der Waals surface area (Å²) in [7, 11) is 0. The summed E-state index contributed by atoms with van der Waals surface area (Å²) < 4.78 is 1.79. The van der Waals surface area contributed by atoms with Crippen LogP contribution in [-0.4, -0.2) is 28.0 Å². The van der Waals surface area contributed by atoms with Crippen LogP contribution in [0.3, 0.4) is 0 Å². The molecule has 0 fully saturated rings. The molecule has 0 saturated carbocycles. The van der Waals surface area contributed by atoms with Crippen LogP contribution in [0.5, 0.6) is 0 Å². The van der Waals surface area contributed by atoms with Gasteiger partial charge in [-0.2, -0.15) is 0 Å². The lowest BCUT2D eigenvalue weighted by Gasteiger charge is -2.11. The summed E-state index contributed by atoms with van der Waals surface area (Å²) in [5, 5.41) is 2.75. The average molecular weight is 196 g/mol. The Morgan fingerprint density at radius 1 is 1.71 bits per heavy atom. The summed E-state index contributed by atoms with van der Waals surface area (Å²) in [6, 6.07) is -0.504. The molecule has 78 valence electrons. The molecule has 1 rings (SSSR count). The predicted molar refractivity (Wildman–Crippen MR) is 53.5 cm³/mol. The maximum Gasteiger partial charge on any atom is 0.238 e. The van der Waals surface area contributed by atoms with E-state index in [9.17, 15) is 4.79 Å². The van der Waals surface area contributed by atoms with Crippen molar-refractivity contribution in [1.82, 2.24) is 14.9 Å². The first kappa shape index (κ1) is 10.7. The van der Waals surface area contributed by atoms with E-state index in [0.717, 1.165) is 6.42 Å². The molecule has 0 spiro atoms. The first-order valence-corrected chi connectivity index (χ1v) is 4.73. The van der Waals surface area contributed by atoms with Crippen molar-refractivity contribution in [2.24, 2.45) is 5.73 Å². The lowest BCUT2D eigenvalue weighted by Crippen LogP contribution is -2.43. The normalized spacial score (nSPS) is 12.4. The zero-order valence-electron chi connectivity index (χ0n) is 8.31. The van der Waals surface area contributed by atoms with Crippen LogP contribution in [0.1, 0.15) is 13.3 Å². The molecule has 1 aromatic heterocycles. The lowest BCUT2D eigenvalue weighted by molar-refractivity contribution is -0.122. The van der Waals surface area contributed by atoms with Gasteiger partial charge in [-0.15, -0.1) is 0 Å². The van der Waals surface area contributed by atoms with Gasteiger partial charge >= 0.3 is 0 Å². The Morgan fingerprint density at radius 2 is 2.50 bits per heavy atom. The number of nitrogens with one attached hydrogen (secondary N) is 1. The Kier molecular flexibility index (Phi) is 4.12. The van der Waals surface area contributed by atoms with Gasteiger partial charge < -0.3 is 15.6 Å². The van der Waals surface area contributed by atoms with E-state index in [1.807, 2.05) is 6.92 Å². The van der Waals surface area contributed by atoms with Crippen LogP contribution < -0.4 is 11.1 Å². The number of hydrogen-bond acceptors (Lipinski definition) is 3. The van der Waals surface area contributed by atoms with Crippen molar-refractivity contribution in [2.45, 2.75) is 25.9 Å². The molecule has 1 amide bonds. The van der Waals surface area contributed by atoms with Gasteiger partial charge in [0.15, 0.2) is 0 Å². The van der Waals surface area contributed by atoms with E-state index < -0.39 is 6.04 Å². The van der Waals surface area contributed by atoms with Crippen LogP contribution in [0.4, 0.5) is 0 Å². The molecule has 1 atom stereocenters. The minimum absolute atomic E-state index is 0.111. The van der Waals surface area contributed by atoms with Crippen molar-refractivity contribution in [1.29, 1.82) is 0 Å². The fourth-order valence-corrected chi connectivity index (χ4v) is 1.08. The maximum absolute atomic E-state index is 11.4. The monoisotopic (exact) mass is 196 g/mol. The summed E-state index contributed by atoms with van der Waals surface area (Å²) in [4.78, 5) is 15.2. The van der Waals surface area contributed by atoms with Crippen molar-refractivity contribution in [3.8, 4) is 0 Å². The molecule has 1 aromatic rings. The van der Waals surface area contributed by atoms with Gasteiger partial charge in [0.2, 0.25) is 5.91 Å². The number of aromatic nitrogens is 2. The molecule has 5 heteroatoms. The van der Waals surface area contributed by atoms with E-state index in [1.165, 1.54) is 0 Å². The second-order valence-electron chi connectivity index (χ2n) is 3.16. The summed E-state index contributed by atoms with van der Waals surface area (Å²) in [5.74, 6) is -0.111. The number of nitrogens with zero attached hydrogens (tertiary/aromatic N) is 2. The predicted octanol–water partition coefficient (Wildman–Crippen LogP) is -0.263. The minimum Gasteiger partial charge on any atom is -0.355 e. The molecular formula is C9H16N4O. The lowest BCUT2D eigenvalue weighted by atomic mass is 10.3. The largest absolute Gasteiger partial charge is 0.355 e. The molecular weight excluding hydrogens is 180 g/mol. The van der Waals surface area contributed by atoms with E-state index >= 15 is 0 Å². The molecule has 5 nitrogen and oxygen atoms in total. The van der Waals surface area contributed by atoms with Gasteiger partial charge in [-0.1, -0.05) is 6.92 Å². The van der Waals surface area contributed by atoms with E-state index in [0.29, 0.717) is 13.1 Å². The van der Waals surface area contributed by atoms with Gasteiger partial charge in [-0.3, -0.25) is 4.79 Å². The molecule has 1 heterocycles. The van der Waals surface area contributed by atoms with Crippen LogP contribution in [0.25, 0.3) is 0 Å². The fourth-order valence-electron chi connectivity index (χ4n) is 1.08. The second-order valence-corrected chi connectivity index (χ2v) is 3.16. The second kappa shape index (κ2) is 5.39. The fraction of sp³-hybridized carbons (Fsp3) is 0.556. The van der Waals surface area contributed by atoms with Crippen molar-refractivity contribution in [3.05, 3.63) is 18.7 Å². The minimum atomic E-state index is -0.504. The van der Waals surface area contributed by atoms with E-state index in [1.54, 1.807) is 23.3 Å². The topological polar surface area (TPSA) is 72.9 Å². The van der Waals surface area contributed by atoms with E-state index in [4.69, 9.17) is 5.73 Å². The number of carbonyl (C=O) groups excluding carboxylic acids is 1. The van der Waals surface area contributed by atoms with Crippen LogP contribution in [-0.2, 0) is 11.3 Å². The third kappa shape index (κ3) is 3.18. The molecule has 0 aliphatic carbocycles. The van der Waals surface area contributed by atoms with Crippen molar-refractivity contribution in [2.75, 3.05) is 6.54 Å². The molecule has 3 N–H and O–H groups in total. The Balaban J connectivity index is 2.34. The molecule has 0 saturated heterocycles. The van der Waals surface area contributed by atoms with Gasteiger partial charge in [-0.05, 0) is 6.42 Å². The number of imidazole rings is 1. The molecule has 0 aliphatic rings. The Hall–Kier alpha value is -1.36. The third-order valence-corrected chi connectivity index (χ3v) is 1.85. The Morgan fingerprint density at radius 3 is 3.07 bits per heavy atom. The van der Waals surface area contributed by atoms with Gasteiger partial charge in [0.1, 0.15) is 6.04 Å². The quantitative estimate of drug-likeness (QED) is 0.681.